The van der Waals surface area contributed by atoms with Crippen molar-refractivity contribution in [2.75, 3.05) is 25.3 Å². The Bertz CT molecular complexity index is 856. The summed E-state index contributed by atoms with van der Waals surface area (Å²) in [7, 11) is 3.14. The van der Waals surface area contributed by atoms with Crippen LogP contribution in [0.1, 0.15) is 36.3 Å². The van der Waals surface area contributed by atoms with Gasteiger partial charge in [0.25, 0.3) is 5.56 Å². The number of H-pyrrole nitrogens is 1. The van der Waals surface area contributed by atoms with Gasteiger partial charge in [0.05, 0.1) is 30.8 Å². The molecule has 0 bridgehead atoms. The first-order chi connectivity index (χ1) is 12.0. The number of aromatic nitrogens is 2. The quantitative estimate of drug-likeness (QED) is 0.872. The van der Waals surface area contributed by atoms with Gasteiger partial charge in [-0.1, -0.05) is 12.1 Å². The van der Waals surface area contributed by atoms with Crippen molar-refractivity contribution in [3.63, 3.8) is 0 Å². The molecule has 25 heavy (non-hydrogen) atoms. The van der Waals surface area contributed by atoms with Crippen LogP contribution in [0.15, 0.2) is 23.0 Å². The van der Waals surface area contributed by atoms with Crippen molar-refractivity contribution in [2.24, 2.45) is 0 Å². The van der Waals surface area contributed by atoms with Crippen molar-refractivity contribution in [3.8, 4) is 11.5 Å². The van der Waals surface area contributed by atoms with Crippen molar-refractivity contribution in [3.05, 3.63) is 39.7 Å². The molecule has 1 aromatic heterocycles. The summed E-state index contributed by atoms with van der Waals surface area (Å²) >= 11 is 1.39. The van der Waals surface area contributed by atoms with E-state index in [0.29, 0.717) is 22.9 Å². The molecule has 2 heterocycles. The molecule has 1 atom stereocenters. The third kappa shape index (κ3) is 3.02. The normalized spacial score (nSPS) is 17.0. The second-order valence-corrected chi connectivity index (χ2v) is 7.08. The van der Waals surface area contributed by atoms with Crippen LogP contribution in [0.2, 0.25) is 0 Å². The van der Waals surface area contributed by atoms with Gasteiger partial charge in [-0.05, 0) is 19.9 Å². The van der Waals surface area contributed by atoms with Crippen molar-refractivity contribution in [1.82, 2.24) is 9.78 Å². The number of benzene rings is 1. The molecular weight excluding hydrogens is 342 g/mol. The van der Waals surface area contributed by atoms with Gasteiger partial charge in [-0.25, -0.2) is 0 Å². The highest BCUT2D eigenvalue weighted by Crippen LogP contribution is 2.46. The Morgan fingerprint density at radius 1 is 1.24 bits per heavy atom. The lowest BCUT2D eigenvalue weighted by Crippen LogP contribution is -2.17. The summed E-state index contributed by atoms with van der Waals surface area (Å²) in [5.74, 6) is 1.79. The van der Waals surface area contributed by atoms with Gasteiger partial charge >= 0.3 is 0 Å². The molecule has 0 saturated heterocycles. The van der Waals surface area contributed by atoms with Crippen LogP contribution in [-0.2, 0) is 4.79 Å². The lowest BCUT2D eigenvalue weighted by Gasteiger charge is -2.19. The van der Waals surface area contributed by atoms with E-state index < -0.39 is 0 Å². The van der Waals surface area contributed by atoms with Gasteiger partial charge in [-0.3, -0.25) is 19.4 Å². The van der Waals surface area contributed by atoms with E-state index >= 15 is 0 Å². The number of methoxy groups -OCH3 is 2. The lowest BCUT2D eigenvalue weighted by atomic mass is 10.0. The number of carbonyl (C=O) groups excluding carboxylic acids is 1. The molecule has 0 saturated carbocycles. The van der Waals surface area contributed by atoms with Crippen LogP contribution in [0, 0.1) is 0 Å². The van der Waals surface area contributed by atoms with Crippen LogP contribution in [-0.4, -0.2) is 35.7 Å². The van der Waals surface area contributed by atoms with E-state index in [0.717, 1.165) is 5.56 Å². The summed E-state index contributed by atoms with van der Waals surface area (Å²) in [6.45, 7) is 3.89. The Hall–Kier alpha value is -2.35. The van der Waals surface area contributed by atoms with E-state index in [1.807, 2.05) is 26.0 Å². The average Bonchev–Trinajstić information content (AvgIpc) is 2.81. The second kappa shape index (κ2) is 6.87. The zero-order chi connectivity index (χ0) is 18.1. The van der Waals surface area contributed by atoms with Crippen LogP contribution in [0.25, 0.3) is 0 Å². The summed E-state index contributed by atoms with van der Waals surface area (Å²) in [4.78, 5) is 24.8. The minimum absolute atomic E-state index is 0.00713. The predicted octanol–water partition coefficient (Wildman–Crippen LogP) is 2.55. The Morgan fingerprint density at radius 2 is 2.00 bits per heavy atom. The number of thioether (sulfide) groups is 1. The maximum absolute atomic E-state index is 12.7. The van der Waals surface area contributed by atoms with Crippen molar-refractivity contribution < 1.29 is 14.3 Å². The zero-order valence-corrected chi connectivity index (χ0v) is 15.4. The first-order valence-electron chi connectivity index (χ1n) is 7.94. The molecule has 0 fully saturated rings. The molecule has 3 rings (SSSR count). The maximum Gasteiger partial charge on any atom is 0.270 e. The topological polar surface area (TPSA) is 85.4 Å². The van der Waals surface area contributed by atoms with E-state index in [2.05, 4.69) is 10.4 Å². The molecule has 0 radical (unpaired) electrons. The minimum Gasteiger partial charge on any atom is -0.493 e. The number of amides is 1. The molecule has 134 valence electrons. The number of aromatic amines is 1. The monoisotopic (exact) mass is 363 g/mol. The van der Waals surface area contributed by atoms with Crippen LogP contribution in [0.5, 0.6) is 11.5 Å². The Labute approximate surface area is 149 Å². The Kier molecular flexibility index (Phi) is 4.80. The molecule has 2 N–H and O–H groups in total. The van der Waals surface area contributed by atoms with Crippen molar-refractivity contribution in [1.29, 1.82) is 0 Å². The fourth-order valence-corrected chi connectivity index (χ4v) is 4.14. The SMILES string of the molecule is COc1cccc([C@H]2SCC(=O)Nc3c2c(=O)[nH]n3C(C)C)c1OC. The summed E-state index contributed by atoms with van der Waals surface area (Å²) in [5.41, 5.74) is 1.11. The number of fused-ring (bicyclic) bond motifs is 1. The fourth-order valence-electron chi connectivity index (χ4n) is 3.00. The molecule has 0 spiro atoms. The molecule has 1 aliphatic rings. The van der Waals surface area contributed by atoms with E-state index in [4.69, 9.17) is 9.47 Å². The molecule has 1 aromatic carbocycles. The van der Waals surface area contributed by atoms with Crippen LogP contribution in [0.3, 0.4) is 0 Å². The third-order valence-electron chi connectivity index (χ3n) is 4.10. The zero-order valence-electron chi connectivity index (χ0n) is 14.6. The van der Waals surface area contributed by atoms with E-state index in [-0.39, 0.29) is 28.5 Å². The number of rotatable bonds is 4. The van der Waals surface area contributed by atoms with Crippen LogP contribution < -0.4 is 20.3 Å². The third-order valence-corrected chi connectivity index (χ3v) is 5.35. The van der Waals surface area contributed by atoms with E-state index in [1.54, 1.807) is 25.0 Å². The van der Waals surface area contributed by atoms with Gasteiger partial charge in [0.2, 0.25) is 5.91 Å². The highest BCUT2D eigenvalue weighted by Gasteiger charge is 2.33. The summed E-state index contributed by atoms with van der Waals surface area (Å²) < 4.78 is 12.6. The van der Waals surface area contributed by atoms with Gasteiger partial charge in [-0.2, -0.15) is 0 Å². The lowest BCUT2D eigenvalue weighted by molar-refractivity contribution is -0.113. The molecule has 1 amide bonds. The molecule has 8 heteroatoms. The molecular formula is C17H21N3O4S. The highest BCUT2D eigenvalue weighted by atomic mass is 32.2. The molecule has 0 unspecified atom stereocenters. The minimum atomic E-state index is -0.345. The van der Waals surface area contributed by atoms with Gasteiger partial charge in [0, 0.05) is 11.6 Å². The Morgan fingerprint density at radius 3 is 2.64 bits per heavy atom. The van der Waals surface area contributed by atoms with E-state index in [1.165, 1.54) is 11.8 Å². The van der Waals surface area contributed by atoms with Gasteiger partial charge in [0.1, 0.15) is 5.82 Å². The number of nitrogens with zero attached hydrogens (tertiary/aromatic N) is 1. The van der Waals surface area contributed by atoms with Crippen molar-refractivity contribution in [2.45, 2.75) is 25.1 Å². The van der Waals surface area contributed by atoms with Crippen molar-refractivity contribution >= 4 is 23.5 Å². The molecule has 1 aliphatic heterocycles. The number of nitrogens with one attached hydrogen (secondary N) is 2. The molecule has 2 aromatic rings. The van der Waals surface area contributed by atoms with Gasteiger partial charge in [-0.15, -0.1) is 11.8 Å². The summed E-state index contributed by atoms with van der Waals surface area (Å²) in [6.07, 6.45) is 0. The maximum atomic E-state index is 12.7. The van der Waals surface area contributed by atoms with Crippen LogP contribution >= 0.6 is 11.8 Å². The standard InChI is InChI=1S/C17H21N3O4S/c1-9(2)20-16-13(17(22)19-20)15(25-8-12(21)18-16)10-6-5-7-11(23-3)14(10)24-4/h5-7,9,15H,8H2,1-4H3,(H,18,21)(H,19,22)/t15-/m1/s1. The first-order valence-corrected chi connectivity index (χ1v) is 8.99. The summed E-state index contributed by atoms with van der Waals surface area (Å²) in [5, 5.41) is 5.34. The number of hydrogen-bond donors (Lipinski definition) is 2. The van der Waals surface area contributed by atoms with Gasteiger partial charge < -0.3 is 14.8 Å². The van der Waals surface area contributed by atoms with Gasteiger partial charge in [0.15, 0.2) is 11.5 Å². The first kappa shape index (κ1) is 17.5. The predicted molar refractivity (Wildman–Crippen MR) is 97.9 cm³/mol. The number of hydrogen-bond acceptors (Lipinski definition) is 5. The van der Waals surface area contributed by atoms with Crippen LogP contribution in [0.4, 0.5) is 5.82 Å². The number of para-hydroxylation sites is 1. The second-order valence-electron chi connectivity index (χ2n) is 5.99. The average molecular weight is 363 g/mol. The Balaban J connectivity index is 2.23. The highest BCUT2D eigenvalue weighted by molar-refractivity contribution is 8.00. The molecule has 7 nitrogen and oxygen atoms in total. The summed E-state index contributed by atoms with van der Waals surface area (Å²) in [6, 6.07) is 5.56. The smallest absolute Gasteiger partial charge is 0.270 e. The number of anilines is 1. The number of ether oxygens (including phenoxy) is 2. The van der Waals surface area contributed by atoms with E-state index in [9.17, 15) is 9.59 Å². The fraction of sp³-hybridized carbons (Fsp3) is 0.412. The molecule has 0 aliphatic carbocycles. The number of carbonyl (C=O) groups is 1. The largest absolute Gasteiger partial charge is 0.493 e.